The van der Waals surface area contributed by atoms with Crippen LogP contribution in [-0.4, -0.2) is 18.9 Å². The van der Waals surface area contributed by atoms with Gasteiger partial charge in [0.05, 0.1) is 0 Å². The van der Waals surface area contributed by atoms with Gasteiger partial charge in [0.25, 0.3) is 0 Å². The van der Waals surface area contributed by atoms with E-state index in [2.05, 4.69) is 21.8 Å². The van der Waals surface area contributed by atoms with Gasteiger partial charge in [0.15, 0.2) is 0 Å². The van der Waals surface area contributed by atoms with Gasteiger partial charge in [0.2, 0.25) is 0 Å². The van der Waals surface area contributed by atoms with Gasteiger partial charge in [0.1, 0.15) is 6.61 Å². The normalized spacial score (nSPS) is 8.00. The van der Waals surface area contributed by atoms with Crippen LogP contribution in [0.3, 0.4) is 0 Å². The lowest BCUT2D eigenvalue weighted by Crippen LogP contribution is -2.19. The van der Waals surface area contributed by atoms with Gasteiger partial charge in [-0.3, -0.25) is 0 Å². The highest BCUT2D eigenvalue weighted by Crippen LogP contribution is 1.83. The van der Waals surface area contributed by atoms with E-state index in [1.165, 1.54) is 6.08 Å². The molecule has 0 saturated heterocycles. The van der Waals surface area contributed by atoms with Gasteiger partial charge in [-0.2, -0.15) is 0 Å². The summed E-state index contributed by atoms with van der Waals surface area (Å²) in [7, 11) is 0. The maximum Gasteiger partial charge on any atom is 0.517 e. The monoisotopic (exact) mass is 145 g/mol. The molecule has 0 saturated carbocycles. The number of amides is 1. The molecule has 0 heterocycles. The quantitative estimate of drug-likeness (QED) is 0.346. The van der Waals surface area contributed by atoms with E-state index in [1.807, 2.05) is 0 Å². The van der Waals surface area contributed by atoms with E-state index in [4.69, 9.17) is 0 Å². The molecule has 0 fully saturated rings. The summed E-state index contributed by atoms with van der Waals surface area (Å²) in [5, 5.41) is 0. The topological polar surface area (TPSA) is 78.6 Å². The summed E-state index contributed by atoms with van der Waals surface area (Å²) in [6.45, 7) is 3.26. The number of hydrogen-bond acceptors (Lipinski definition) is 4. The molecule has 0 spiro atoms. The van der Waals surface area contributed by atoms with Crippen LogP contribution >= 0.6 is 0 Å². The second-order valence-corrected chi connectivity index (χ2v) is 1.27. The smallest absolute Gasteiger partial charge is 0.430 e. The molecular formula is C5H7NO4. The fourth-order valence-corrected chi connectivity index (χ4v) is 0.239. The Balaban J connectivity index is 3.43. The molecule has 0 aromatic heterocycles. The highest BCUT2D eigenvalue weighted by Gasteiger charge is 2.05. The summed E-state index contributed by atoms with van der Waals surface area (Å²) in [5.74, 6) is 0. The van der Waals surface area contributed by atoms with Crippen molar-refractivity contribution in [3.05, 3.63) is 12.7 Å². The van der Waals surface area contributed by atoms with Crippen molar-refractivity contribution in [2.75, 3.05) is 6.61 Å². The summed E-state index contributed by atoms with van der Waals surface area (Å²) in [4.78, 5) is 20.1. The molecule has 0 aliphatic carbocycles. The molecule has 0 rings (SSSR count). The molecule has 0 aromatic rings. The average Bonchev–Trinajstić information content (AvgIpc) is 1.82. The van der Waals surface area contributed by atoms with Gasteiger partial charge in [-0.1, -0.05) is 12.7 Å². The standard InChI is InChI=1S/C5H7NO4/c1-2-3-9-5(8)10-4(6)7/h2H,1,3H2,(H2,6,7). The van der Waals surface area contributed by atoms with E-state index in [9.17, 15) is 9.59 Å². The molecule has 1 amide bonds. The summed E-state index contributed by atoms with van der Waals surface area (Å²) in [6.07, 6.45) is -0.969. The van der Waals surface area contributed by atoms with Crippen molar-refractivity contribution in [2.45, 2.75) is 0 Å². The lowest BCUT2D eigenvalue weighted by Gasteiger charge is -1.97. The van der Waals surface area contributed by atoms with E-state index >= 15 is 0 Å². The molecule has 0 radical (unpaired) electrons. The predicted molar refractivity (Wildman–Crippen MR) is 32.2 cm³/mol. The van der Waals surface area contributed by atoms with Crippen LogP contribution < -0.4 is 5.73 Å². The Bertz CT molecular complexity index is 154. The molecule has 2 N–H and O–H groups in total. The highest BCUT2D eigenvalue weighted by molar-refractivity contribution is 5.79. The number of hydrogen-bond donors (Lipinski definition) is 1. The molecule has 0 aliphatic heterocycles. The fourth-order valence-electron chi connectivity index (χ4n) is 0.239. The molecule has 5 nitrogen and oxygen atoms in total. The van der Waals surface area contributed by atoms with E-state index in [-0.39, 0.29) is 6.61 Å². The lowest BCUT2D eigenvalue weighted by atomic mass is 10.7. The summed E-state index contributed by atoms with van der Waals surface area (Å²) in [5.41, 5.74) is 4.48. The van der Waals surface area contributed by atoms with Crippen molar-refractivity contribution in [2.24, 2.45) is 5.73 Å². The summed E-state index contributed by atoms with van der Waals surface area (Å²) < 4.78 is 8.00. The van der Waals surface area contributed by atoms with Crippen LogP contribution in [0.25, 0.3) is 0 Å². The zero-order valence-corrected chi connectivity index (χ0v) is 5.20. The van der Waals surface area contributed by atoms with Gasteiger partial charge in [-0.05, 0) is 0 Å². The Morgan fingerprint density at radius 3 is 2.60 bits per heavy atom. The van der Waals surface area contributed by atoms with E-state index in [1.54, 1.807) is 0 Å². The Morgan fingerprint density at radius 1 is 1.60 bits per heavy atom. The van der Waals surface area contributed by atoms with Crippen LogP contribution in [0.2, 0.25) is 0 Å². The molecule has 0 aliphatic rings. The highest BCUT2D eigenvalue weighted by atomic mass is 16.7. The van der Waals surface area contributed by atoms with Crippen LogP contribution in [0.1, 0.15) is 0 Å². The van der Waals surface area contributed by atoms with Gasteiger partial charge in [-0.25, -0.2) is 9.59 Å². The minimum atomic E-state index is -1.19. The third kappa shape index (κ3) is 4.63. The minimum absolute atomic E-state index is 0.00782. The first kappa shape index (κ1) is 8.48. The Hall–Kier alpha value is -1.52. The molecular weight excluding hydrogens is 138 g/mol. The largest absolute Gasteiger partial charge is 0.517 e. The first-order valence-corrected chi connectivity index (χ1v) is 2.41. The Labute approximate surface area is 57.4 Å². The van der Waals surface area contributed by atoms with Gasteiger partial charge >= 0.3 is 12.2 Å². The van der Waals surface area contributed by atoms with Crippen molar-refractivity contribution < 1.29 is 19.1 Å². The van der Waals surface area contributed by atoms with Crippen molar-refractivity contribution in [3.63, 3.8) is 0 Å². The molecule has 10 heavy (non-hydrogen) atoms. The number of nitrogens with two attached hydrogens (primary N) is 1. The SMILES string of the molecule is C=CCOC(=O)OC(N)=O. The molecule has 5 heteroatoms. The maximum atomic E-state index is 10.2. The lowest BCUT2D eigenvalue weighted by molar-refractivity contribution is 0.0865. The van der Waals surface area contributed by atoms with E-state index in [0.29, 0.717) is 0 Å². The molecule has 0 aromatic carbocycles. The fraction of sp³-hybridized carbons (Fsp3) is 0.200. The summed E-state index contributed by atoms with van der Waals surface area (Å²) in [6, 6.07) is 0. The number of rotatable bonds is 2. The first-order chi connectivity index (χ1) is 4.66. The minimum Gasteiger partial charge on any atom is -0.430 e. The van der Waals surface area contributed by atoms with Crippen LogP contribution in [0, 0.1) is 0 Å². The van der Waals surface area contributed by atoms with Crippen LogP contribution in [-0.2, 0) is 9.47 Å². The van der Waals surface area contributed by atoms with Crippen molar-refractivity contribution in [3.8, 4) is 0 Å². The second kappa shape index (κ2) is 4.37. The zero-order valence-electron chi connectivity index (χ0n) is 5.20. The molecule has 0 bridgehead atoms. The van der Waals surface area contributed by atoms with Crippen molar-refractivity contribution in [1.29, 1.82) is 0 Å². The van der Waals surface area contributed by atoms with Crippen LogP contribution in [0.15, 0.2) is 12.7 Å². The molecule has 56 valence electrons. The van der Waals surface area contributed by atoms with Gasteiger partial charge in [0, 0.05) is 0 Å². The average molecular weight is 145 g/mol. The predicted octanol–water partition coefficient (Wildman–Crippen LogP) is 0.404. The maximum absolute atomic E-state index is 10.2. The van der Waals surface area contributed by atoms with Gasteiger partial charge in [-0.15, -0.1) is 0 Å². The molecule has 0 atom stereocenters. The van der Waals surface area contributed by atoms with E-state index in [0.717, 1.165) is 0 Å². The number of primary amides is 1. The Morgan fingerprint density at radius 2 is 2.20 bits per heavy atom. The van der Waals surface area contributed by atoms with Crippen LogP contribution in [0.5, 0.6) is 0 Å². The van der Waals surface area contributed by atoms with Crippen LogP contribution in [0.4, 0.5) is 9.59 Å². The number of carbonyl (C=O) groups excluding carboxylic acids is 2. The number of carbonyl (C=O) groups is 2. The van der Waals surface area contributed by atoms with Crippen molar-refractivity contribution in [1.82, 2.24) is 0 Å². The molecule has 0 unspecified atom stereocenters. The summed E-state index contributed by atoms with van der Waals surface area (Å²) >= 11 is 0. The first-order valence-electron chi connectivity index (χ1n) is 2.41. The Kier molecular flexibility index (Phi) is 3.70. The third-order valence-electron chi connectivity index (χ3n) is 0.503. The third-order valence-corrected chi connectivity index (χ3v) is 0.503. The van der Waals surface area contributed by atoms with E-state index < -0.39 is 12.2 Å². The van der Waals surface area contributed by atoms with Gasteiger partial charge < -0.3 is 15.2 Å². The zero-order chi connectivity index (χ0) is 7.98. The number of ether oxygens (including phenoxy) is 2. The second-order valence-electron chi connectivity index (χ2n) is 1.27. The van der Waals surface area contributed by atoms with Crippen molar-refractivity contribution >= 4 is 12.2 Å².